The molecule has 1 aromatic heterocycles. The average molecular weight is 301 g/mol. The van der Waals surface area contributed by atoms with E-state index in [-0.39, 0.29) is 12.1 Å². The van der Waals surface area contributed by atoms with Gasteiger partial charge in [0.15, 0.2) is 0 Å². The highest BCUT2D eigenvalue weighted by molar-refractivity contribution is 6.00. The zero-order chi connectivity index (χ0) is 15.7. The van der Waals surface area contributed by atoms with Crippen molar-refractivity contribution in [2.45, 2.75) is 25.9 Å². The molecule has 5 heteroatoms. The number of fused-ring (bicyclic) bond motifs is 1. The lowest BCUT2D eigenvalue weighted by atomic mass is 9.92. The van der Waals surface area contributed by atoms with Gasteiger partial charge < -0.3 is 19.9 Å². The van der Waals surface area contributed by atoms with Crippen molar-refractivity contribution in [2.75, 3.05) is 18.4 Å². The molecule has 0 radical (unpaired) electrons. The van der Waals surface area contributed by atoms with Crippen molar-refractivity contribution in [1.29, 1.82) is 0 Å². The highest BCUT2D eigenvalue weighted by Crippen LogP contribution is 2.25. The molecule has 1 unspecified atom stereocenters. The lowest BCUT2D eigenvalue weighted by Gasteiger charge is -2.33. The summed E-state index contributed by atoms with van der Waals surface area (Å²) < 4.78 is 2.02. The van der Waals surface area contributed by atoms with Gasteiger partial charge in [-0.15, -0.1) is 0 Å². The number of hydrogen-bond donors (Lipinski definition) is 2. The van der Waals surface area contributed by atoms with E-state index in [1.807, 2.05) is 53.9 Å². The Hall–Kier alpha value is -2.01. The summed E-state index contributed by atoms with van der Waals surface area (Å²) in [6.45, 7) is 3.23. The molecular formula is C17H23N3O2. The molecule has 2 amide bonds. The molecule has 2 aromatic rings. The Morgan fingerprint density at radius 3 is 2.73 bits per heavy atom. The summed E-state index contributed by atoms with van der Waals surface area (Å²) in [5.74, 6) is 0.306. The van der Waals surface area contributed by atoms with E-state index in [4.69, 9.17) is 0 Å². The third kappa shape index (κ3) is 2.81. The fourth-order valence-corrected chi connectivity index (χ4v) is 3.24. The van der Waals surface area contributed by atoms with E-state index in [1.54, 1.807) is 0 Å². The van der Waals surface area contributed by atoms with Crippen LogP contribution in [0.2, 0.25) is 0 Å². The van der Waals surface area contributed by atoms with Gasteiger partial charge in [-0.2, -0.15) is 0 Å². The first-order valence-electron chi connectivity index (χ1n) is 7.84. The smallest absolute Gasteiger partial charge is 0.321 e. The number of anilines is 1. The van der Waals surface area contributed by atoms with Crippen LogP contribution in [0.1, 0.15) is 19.8 Å². The Balaban J connectivity index is 1.70. The maximum Gasteiger partial charge on any atom is 0.321 e. The van der Waals surface area contributed by atoms with Crippen molar-refractivity contribution in [3.8, 4) is 0 Å². The number of nitrogens with zero attached hydrogens (tertiary/aromatic N) is 2. The van der Waals surface area contributed by atoms with Gasteiger partial charge in [-0.25, -0.2) is 4.79 Å². The second kappa shape index (κ2) is 6.01. The molecule has 3 rings (SSSR count). The molecule has 2 heterocycles. The van der Waals surface area contributed by atoms with Crippen LogP contribution < -0.4 is 5.32 Å². The monoisotopic (exact) mass is 301 g/mol. The molecule has 0 bridgehead atoms. The molecule has 1 aromatic carbocycles. The first kappa shape index (κ1) is 14.9. The maximum absolute atomic E-state index is 12.5. The summed E-state index contributed by atoms with van der Waals surface area (Å²) in [6.07, 6.45) is 3.43. The summed E-state index contributed by atoms with van der Waals surface area (Å²) in [4.78, 5) is 14.3. The zero-order valence-corrected chi connectivity index (χ0v) is 13.1. The van der Waals surface area contributed by atoms with Gasteiger partial charge in [0.2, 0.25) is 0 Å². The number of nitrogens with one attached hydrogen (secondary N) is 1. The Morgan fingerprint density at radius 1 is 1.32 bits per heavy atom. The van der Waals surface area contributed by atoms with E-state index in [9.17, 15) is 9.90 Å². The van der Waals surface area contributed by atoms with Crippen molar-refractivity contribution in [2.24, 2.45) is 13.0 Å². The Morgan fingerprint density at radius 2 is 2.05 bits per heavy atom. The summed E-state index contributed by atoms with van der Waals surface area (Å²) in [5, 5.41) is 13.8. The minimum absolute atomic E-state index is 0.0576. The molecule has 2 N–H and O–H groups in total. The second-order valence-electron chi connectivity index (χ2n) is 6.17. The van der Waals surface area contributed by atoms with E-state index in [0.717, 1.165) is 29.4 Å². The van der Waals surface area contributed by atoms with E-state index in [0.29, 0.717) is 19.0 Å². The Kier molecular flexibility index (Phi) is 4.07. The van der Waals surface area contributed by atoms with E-state index in [1.165, 1.54) is 0 Å². The molecule has 1 aliphatic heterocycles. The number of aryl methyl sites for hydroxylation is 1. The molecule has 0 saturated carbocycles. The summed E-state index contributed by atoms with van der Waals surface area (Å²) in [5.41, 5.74) is 1.88. The largest absolute Gasteiger partial charge is 0.393 e. The number of para-hydroxylation sites is 1. The third-order valence-corrected chi connectivity index (χ3v) is 4.65. The minimum Gasteiger partial charge on any atom is -0.393 e. The number of benzene rings is 1. The van der Waals surface area contributed by atoms with Gasteiger partial charge in [0.1, 0.15) is 0 Å². The third-order valence-electron chi connectivity index (χ3n) is 4.65. The summed E-state index contributed by atoms with van der Waals surface area (Å²) in [7, 11) is 1.98. The highest BCUT2D eigenvalue weighted by Gasteiger charge is 2.25. The van der Waals surface area contributed by atoms with Gasteiger partial charge in [0, 0.05) is 31.7 Å². The predicted octanol–water partition coefficient (Wildman–Crippen LogP) is 2.80. The summed E-state index contributed by atoms with van der Waals surface area (Å²) in [6, 6.07) is 7.91. The number of carbonyl (C=O) groups excluding carboxylic acids is 1. The van der Waals surface area contributed by atoms with Gasteiger partial charge in [0.25, 0.3) is 0 Å². The molecule has 118 valence electrons. The maximum atomic E-state index is 12.5. The number of urea groups is 1. The van der Waals surface area contributed by atoms with Crippen LogP contribution in [0, 0.1) is 5.92 Å². The van der Waals surface area contributed by atoms with Gasteiger partial charge in [-0.3, -0.25) is 0 Å². The number of aliphatic hydroxyl groups is 1. The highest BCUT2D eigenvalue weighted by atomic mass is 16.3. The molecule has 1 saturated heterocycles. The second-order valence-corrected chi connectivity index (χ2v) is 6.17. The van der Waals surface area contributed by atoms with Crippen molar-refractivity contribution in [1.82, 2.24) is 9.47 Å². The van der Waals surface area contributed by atoms with Crippen molar-refractivity contribution in [3.05, 3.63) is 30.5 Å². The SMILES string of the molecule is CC(O)C1CCN(C(=O)Nc2cccc3ccn(C)c23)CC1. The normalized spacial score (nSPS) is 17.7. The standard InChI is InChI=1S/C17H23N3O2/c1-12(21)13-7-10-20(11-8-13)17(22)18-15-5-3-4-14-6-9-19(2)16(14)15/h3-6,9,12-13,21H,7-8,10-11H2,1-2H3,(H,18,22). The van der Waals surface area contributed by atoms with Crippen LogP contribution in [0.15, 0.2) is 30.5 Å². The number of amides is 2. The minimum atomic E-state index is -0.290. The van der Waals surface area contributed by atoms with Crippen LogP contribution in [0.5, 0.6) is 0 Å². The quantitative estimate of drug-likeness (QED) is 0.896. The van der Waals surface area contributed by atoms with E-state index < -0.39 is 0 Å². The number of aromatic nitrogens is 1. The van der Waals surface area contributed by atoms with Crippen LogP contribution in [0.4, 0.5) is 10.5 Å². The fourth-order valence-electron chi connectivity index (χ4n) is 3.24. The van der Waals surface area contributed by atoms with E-state index in [2.05, 4.69) is 5.32 Å². The predicted molar refractivity (Wildman–Crippen MR) is 87.9 cm³/mol. The van der Waals surface area contributed by atoms with Crippen LogP contribution in [0.25, 0.3) is 10.9 Å². The van der Waals surface area contributed by atoms with E-state index >= 15 is 0 Å². The number of hydrogen-bond acceptors (Lipinski definition) is 2. The molecule has 0 aliphatic carbocycles. The number of carbonyl (C=O) groups is 1. The van der Waals surface area contributed by atoms with Gasteiger partial charge in [-0.05, 0) is 37.8 Å². The Labute approximate surface area is 130 Å². The van der Waals surface area contributed by atoms with Crippen LogP contribution in [-0.4, -0.2) is 39.8 Å². The number of rotatable bonds is 2. The first-order valence-corrected chi connectivity index (χ1v) is 7.84. The Bertz CT molecular complexity index is 670. The number of aliphatic hydroxyl groups excluding tert-OH is 1. The zero-order valence-electron chi connectivity index (χ0n) is 13.1. The first-order chi connectivity index (χ1) is 10.6. The van der Waals surface area contributed by atoms with Gasteiger partial charge >= 0.3 is 6.03 Å². The molecule has 0 spiro atoms. The van der Waals surface area contributed by atoms with Crippen LogP contribution in [-0.2, 0) is 7.05 Å². The van der Waals surface area contributed by atoms with Crippen LogP contribution >= 0.6 is 0 Å². The molecule has 1 atom stereocenters. The molecular weight excluding hydrogens is 278 g/mol. The molecule has 1 fully saturated rings. The molecule has 22 heavy (non-hydrogen) atoms. The van der Waals surface area contributed by atoms with Crippen LogP contribution in [0.3, 0.4) is 0 Å². The van der Waals surface area contributed by atoms with Crippen molar-refractivity contribution in [3.63, 3.8) is 0 Å². The average Bonchev–Trinajstić information content (AvgIpc) is 2.90. The number of likely N-dealkylation sites (tertiary alicyclic amines) is 1. The van der Waals surface area contributed by atoms with Crippen molar-refractivity contribution < 1.29 is 9.90 Å². The lowest BCUT2D eigenvalue weighted by Crippen LogP contribution is -2.42. The number of piperidine rings is 1. The topological polar surface area (TPSA) is 57.5 Å². The van der Waals surface area contributed by atoms with Gasteiger partial charge in [0.05, 0.1) is 17.3 Å². The molecule has 5 nitrogen and oxygen atoms in total. The lowest BCUT2D eigenvalue weighted by molar-refractivity contribution is 0.0820. The summed E-state index contributed by atoms with van der Waals surface area (Å²) >= 11 is 0. The van der Waals surface area contributed by atoms with Gasteiger partial charge in [-0.1, -0.05) is 12.1 Å². The molecule has 1 aliphatic rings. The van der Waals surface area contributed by atoms with Crippen molar-refractivity contribution >= 4 is 22.6 Å². The fraction of sp³-hybridized carbons (Fsp3) is 0.471.